The van der Waals surface area contributed by atoms with E-state index in [1.54, 1.807) is 13.2 Å². The summed E-state index contributed by atoms with van der Waals surface area (Å²) in [5.41, 5.74) is 2.97. The third-order valence-electron chi connectivity index (χ3n) is 4.88. The Kier molecular flexibility index (Phi) is 7.29. The number of thioether (sulfide) groups is 1. The van der Waals surface area contributed by atoms with E-state index in [-0.39, 0.29) is 5.91 Å². The maximum atomic E-state index is 12.9. The number of hydrogen-bond acceptors (Lipinski definition) is 5. The highest BCUT2D eigenvalue weighted by Gasteiger charge is 2.40. The summed E-state index contributed by atoms with van der Waals surface area (Å²) in [6.07, 6.45) is 3.73. The van der Waals surface area contributed by atoms with Gasteiger partial charge in [-0.25, -0.2) is 4.79 Å². The fourth-order valence-corrected chi connectivity index (χ4v) is 4.57. The number of benzene rings is 2. The topological polar surface area (TPSA) is 66.8 Å². The lowest BCUT2D eigenvalue weighted by Gasteiger charge is -2.22. The van der Waals surface area contributed by atoms with Crippen molar-refractivity contribution in [2.24, 2.45) is 0 Å². The van der Waals surface area contributed by atoms with Crippen molar-refractivity contribution < 1.29 is 19.4 Å². The van der Waals surface area contributed by atoms with E-state index in [0.29, 0.717) is 15.6 Å². The van der Waals surface area contributed by atoms with Gasteiger partial charge in [0.05, 0.1) is 12.0 Å². The predicted octanol–water partition coefficient (Wildman–Crippen LogP) is 5.21. The van der Waals surface area contributed by atoms with E-state index in [2.05, 4.69) is 0 Å². The lowest BCUT2D eigenvalue weighted by Crippen LogP contribution is -2.43. The third kappa shape index (κ3) is 4.91. The standard InChI is InChI=1S/C23H23NO4S2/c1-3-4-5-19(22(26)27)24-21(25)20(30-23(24)29)14-15-6-8-16(9-7-15)17-10-12-18(28-2)13-11-17/h6-14,19H,3-5H2,1-2H3,(H,26,27)/b20-14-/t19-/m0/s1. The Morgan fingerprint density at radius 2 is 1.77 bits per heavy atom. The largest absolute Gasteiger partial charge is 0.497 e. The fraction of sp³-hybridized carbons (Fsp3) is 0.261. The van der Waals surface area contributed by atoms with Gasteiger partial charge in [-0.15, -0.1) is 0 Å². The summed E-state index contributed by atoms with van der Waals surface area (Å²) < 4.78 is 5.48. The van der Waals surface area contributed by atoms with Gasteiger partial charge in [0.2, 0.25) is 0 Å². The van der Waals surface area contributed by atoms with Crippen LogP contribution in [0, 0.1) is 0 Å². The SMILES string of the molecule is CCCC[C@@H](C(=O)O)N1C(=O)/C(=C/c2ccc(-c3ccc(OC)cc3)cc2)SC1=S. The molecule has 1 aliphatic heterocycles. The molecule has 0 radical (unpaired) electrons. The van der Waals surface area contributed by atoms with Crippen molar-refractivity contribution in [3.63, 3.8) is 0 Å². The Hall–Kier alpha value is -2.64. The molecule has 0 unspecified atom stereocenters. The van der Waals surface area contributed by atoms with Crippen molar-refractivity contribution in [1.82, 2.24) is 4.90 Å². The molecule has 2 aromatic rings. The summed E-state index contributed by atoms with van der Waals surface area (Å²) in [5.74, 6) is -0.562. The van der Waals surface area contributed by atoms with Crippen LogP contribution in [0.15, 0.2) is 53.4 Å². The van der Waals surface area contributed by atoms with Gasteiger partial charge in [-0.1, -0.05) is 80.1 Å². The van der Waals surface area contributed by atoms with E-state index in [4.69, 9.17) is 17.0 Å². The first kappa shape index (κ1) is 22.1. The van der Waals surface area contributed by atoms with Gasteiger partial charge >= 0.3 is 5.97 Å². The molecule has 0 bridgehead atoms. The van der Waals surface area contributed by atoms with Crippen LogP contribution in [0.2, 0.25) is 0 Å². The lowest BCUT2D eigenvalue weighted by molar-refractivity contribution is -0.145. The minimum Gasteiger partial charge on any atom is -0.497 e. The molecule has 0 spiro atoms. The van der Waals surface area contributed by atoms with E-state index in [1.807, 2.05) is 55.5 Å². The van der Waals surface area contributed by atoms with Crippen molar-refractivity contribution in [2.45, 2.75) is 32.2 Å². The van der Waals surface area contributed by atoms with Crippen LogP contribution in [0.4, 0.5) is 0 Å². The van der Waals surface area contributed by atoms with Crippen molar-refractivity contribution in [1.29, 1.82) is 0 Å². The number of carboxylic acid groups (broad SMARTS) is 1. The molecule has 1 heterocycles. The van der Waals surface area contributed by atoms with E-state index < -0.39 is 12.0 Å². The number of rotatable bonds is 8. The van der Waals surface area contributed by atoms with Gasteiger partial charge in [0.15, 0.2) is 0 Å². The fourth-order valence-electron chi connectivity index (χ4n) is 3.22. The van der Waals surface area contributed by atoms with Gasteiger partial charge in [-0.3, -0.25) is 9.69 Å². The number of nitrogens with zero attached hydrogens (tertiary/aromatic N) is 1. The molecule has 7 heteroatoms. The number of hydrogen-bond donors (Lipinski definition) is 1. The second-order valence-electron chi connectivity index (χ2n) is 6.90. The van der Waals surface area contributed by atoms with Crippen LogP contribution in [0.3, 0.4) is 0 Å². The highest BCUT2D eigenvalue weighted by molar-refractivity contribution is 8.26. The maximum absolute atomic E-state index is 12.9. The number of aliphatic carboxylic acids is 1. The number of carbonyl (C=O) groups is 2. The first-order valence-corrected chi connectivity index (χ1v) is 10.9. The summed E-state index contributed by atoms with van der Waals surface area (Å²) in [4.78, 5) is 26.2. The van der Waals surface area contributed by atoms with Gasteiger partial charge < -0.3 is 9.84 Å². The van der Waals surface area contributed by atoms with E-state index in [0.717, 1.165) is 47.0 Å². The summed E-state index contributed by atoms with van der Waals surface area (Å²) in [5, 5.41) is 9.55. The van der Waals surface area contributed by atoms with Crippen molar-refractivity contribution >= 4 is 46.3 Å². The van der Waals surface area contributed by atoms with Gasteiger partial charge in [0.1, 0.15) is 16.1 Å². The molecular formula is C23H23NO4S2. The van der Waals surface area contributed by atoms with Crippen molar-refractivity contribution in [3.05, 3.63) is 59.0 Å². The highest BCUT2D eigenvalue weighted by atomic mass is 32.2. The molecule has 1 fully saturated rings. The molecule has 0 saturated carbocycles. The molecule has 0 aliphatic carbocycles. The van der Waals surface area contributed by atoms with Gasteiger partial charge in [0.25, 0.3) is 5.91 Å². The van der Waals surface area contributed by atoms with Gasteiger partial charge in [-0.05, 0) is 41.3 Å². The van der Waals surface area contributed by atoms with Crippen molar-refractivity contribution in [3.8, 4) is 16.9 Å². The van der Waals surface area contributed by atoms with Gasteiger partial charge in [-0.2, -0.15) is 0 Å². The monoisotopic (exact) mass is 441 g/mol. The van der Waals surface area contributed by atoms with E-state index in [9.17, 15) is 14.7 Å². The van der Waals surface area contributed by atoms with Crippen LogP contribution >= 0.6 is 24.0 Å². The lowest BCUT2D eigenvalue weighted by atomic mass is 10.0. The number of ether oxygens (including phenoxy) is 1. The average molecular weight is 442 g/mol. The average Bonchev–Trinajstić information content (AvgIpc) is 3.02. The molecule has 1 N–H and O–H groups in total. The van der Waals surface area contributed by atoms with Crippen LogP contribution in [-0.2, 0) is 9.59 Å². The predicted molar refractivity (Wildman–Crippen MR) is 124 cm³/mol. The Morgan fingerprint density at radius 1 is 1.17 bits per heavy atom. The zero-order valence-electron chi connectivity index (χ0n) is 16.8. The highest BCUT2D eigenvalue weighted by Crippen LogP contribution is 2.35. The molecule has 2 aromatic carbocycles. The molecule has 1 amide bonds. The van der Waals surface area contributed by atoms with Crippen LogP contribution in [0.1, 0.15) is 31.7 Å². The molecule has 1 aliphatic rings. The first-order valence-electron chi connectivity index (χ1n) is 9.69. The zero-order valence-corrected chi connectivity index (χ0v) is 18.5. The Morgan fingerprint density at radius 3 is 2.30 bits per heavy atom. The van der Waals surface area contributed by atoms with E-state index >= 15 is 0 Å². The summed E-state index contributed by atoms with van der Waals surface area (Å²) in [6.45, 7) is 1.98. The van der Waals surface area contributed by atoms with Crippen LogP contribution in [0.25, 0.3) is 17.2 Å². The molecule has 5 nitrogen and oxygen atoms in total. The Balaban J connectivity index is 1.78. The maximum Gasteiger partial charge on any atom is 0.326 e. The number of thiocarbonyl (C=S) groups is 1. The minimum atomic E-state index is -1.02. The summed E-state index contributed by atoms with van der Waals surface area (Å²) in [7, 11) is 1.63. The first-order chi connectivity index (χ1) is 14.4. The Labute approximate surface area is 185 Å². The third-order valence-corrected chi connectivity index (χ3v) is 6.21. The molecule has 3 rings (SSSR count). The molecule has 156 valence electrons. The van der Waals surface area contributed by atoms with Crippen molar-refractivity contribution in [2.75, 3.05) is 7.11 Å². The summed E-state index contributed by atoms with van der Waals surface area (Å²) in [6, 6.07) is 14.7. The Bertz CT molecular complexity index is 968. The zero-order chi connectivity index (χ0) is 21.7. The molecule has 30 heavy (non-hydrogen) atoms. The smallest absolute Gasteiger partial charge is 0.326 e. The van der Waals surface area contributed by atoms with E-state index in [1.165, 1.54) is 4.90 Å². The summed E-state index contributed by atoms with van der Waals surface area (Å²) >= 11 is 6.47. The normalized spacial score (nSPS) is 16.2. The molecular weight excluding hydrogens is 418 g/mol. The second-order valence-corrected chi connectivity index (χ2v) is 8.57. The molecule has 0 aromatic heterocycles. The van der Waals surface area contributed by atoms with Crippen LogP contribution in [-0.4, -0.2) is 39.4 Å². The number of amides is 1. The van der Waals surface area contributed by atoms with Crippen LogP contribution in [0.5, 0.6) is 5.75 Å². The second kappa shape index (κ2) is 9.91. The minimum absolute atomic E-state index is 0.296. The molecule has 1 atom stereocenters. The number of carboxylic acids is 1. The molecule has 1 saturated heterocycles. The quantitative estimate of drug-likeness (QED) is 0.448. The van der Waals surface area contributed by atoms with Crippen LogP contribution < -0.4 is 4.74 Å². The number of carbonyl (C=O) groups excluding carboxylic acids is 1. The van der Waals surface area contributed by atoms with Gasteiger partial charge in [0, 0.05) is 0 Å². The number of unbranched alkanes of at least 4 members (excludes halogenated alkanes) is 1. The number of methoxy groups -OCH3 is 1.